The molecule has 76 valence electrons. The third-order valence-corrected chi connectivity index (χ3v) is 2.38. The van der Waals surface area contributed by atoms with Crippen molar-refractivity contribution in [1.82, 2.24) is 9.38 Å². The van der Waals surface area contributed by atoms with E-state index in [1.807, 2.05) is 0 Å². The predicted molar refractivity (Wildman–Crippen MR) is 54.9 cm³/mol. The van der Waals surface area contributed by atoms with Crippen LogP contribution in [0.5, 0.6) is 0 Å². The topological polar surface area (TPSA) is 77.5 Å². The molecule has 0 radical (unpaired) electrons. The van der Waals surface area contributed by atoms with E-state index in [1.54, 1.807) is 12.3 Å². The van der Waals surface area contributed by atoms with E-state index < -0.39 is 4.92 Å². The highest BCUT2D eigenvalue weighted by molar-refractivity contribution is 9.10. The summed E-state index contributed by atoms with van der Waals surface area (Å²) >= 11 is 3.19. The van der Waals surface area contributed by atoms with E-state index >= 15 is 0 Å². The van der Waals surface area contributed by atoms with Gasteiger partial charge >= 0.3 is 5.82 Å². The van der Waals surface area contributed by atoms with Gasteiger partial charge in [0, 0.05) is 10.7 Å². The molecule has 0 bridgehead atoms. The Labute approximate surface area is 91.8 Å². The van der Waals surface area contributed by atoms with Crippen LogP contribution in [0.4, 0.5) is 5.82 Å². The van der Waals surface area contributed by atoms with Crippen molar-refractivity contribution in [2.75, 3.05) is 0 Å². The summed E-state index contributed by atoms with van der Waals surface area (Å²) in [7, 11) is 0. The van der Waals surface area contributed by atoms with Crippen LogP contribution in [0.25, 0.3) is 5.52 Å². The minimum Gasteiger partial charge on any atom is -0.358 e. The van der Waals surface area contributed by atoms with Gasteiger partial charge in [-0.25, -0.2) is 0 Å². The van der Waals surface area contributed by atoms with Gasteiger partial charge in [-0.1, -0.05) is 15.9 Å². The van der Waals surface area contributed by atoms with E-state index in [1.165, 1.54) is 10.5 Å². The molecule has 2 heterocycles. The highest BCUT2D eigenvalue weighted by Gasteiger charge is 2.21. The molecule has 6 nitrogen and oxygen atoms in total. The maximum atomic E-state index is 10.7. The number of nitro groups is 1. The molecule has 7 heteroatoms. The Bertz CT molecular complexity index is 564. The van der Waals surface area contributed by atoms with E-state index in [4.69, 9.17) is 0 Å². The highest BCUT2D eigenvalue weighted by atomic mass is 79.9. The molecule has 0 atom stereocenters. The second-order valence-corrected chi connectivity index (χ2v) is 3.68. The highest BCUT2D eigenvalue weighted by Crippen LogP contribution is 2.22. The zero-order valence-electron chi connectivity index (χ0n) is 7.25. The van der Waals surface area contributed by atoms with Gasteiger partial charge in [0.2, 0.25) is 6.29 Å². The molecule has 2 rings (SSSR count). The molecule has 0 aliphatic carbocycles. The Morgan fingerprint density at radius 3 is 2.93 bits per heavy atom. The maximum absolute atomic E-state index is 10.7. The molecule has 0 aliphatic heterocycles. The Morgan fingerprint density at radius 1 is 1.60 bits per heavy atom. The molecule has 0 saturated carbocycles. The van der Waals surface area contributed by atoms with Gasteiger partial charge in [0.1, 0.15) is 5.52 Å². The Hall–Kier alpha value is -1.76. The van der Waals surface area contributed by atoms with Crippen molar-refractivity contribution in [2.24, 2.45) is 0 Å². The van der Waals surface area contributed by atoms with Crippen molar-refractivity contribution < 1.29 is 9.72 Å². The molecule has 0 aliphatic rings. The smallest absolute Gasteiger partial charge is 0.358 e. The summed E-state index contributed by atoms with van der Waals surface area (Å²) in [6, 6.07) is 3.21. The first-order valence-electron chi connectivity index (χ1n) is 3.90. The number of rotatable bonds is 2. The van der Waals surface area contributed by atoms with Crippen molar-refractivity contribution in [3.05, 3.63) is 38.7 Å². The van der Waals surface area contributed by atoms with Crippen LogP contribution in [0, 0.1) is 10.1 Å². The van der Waals surface area contributed by atoms with Crippen LogP contribution < -0.4 is 0 Å². The summed E-state index contributed by atoms with van der Waals surface area (Å²) in [5, 5.41) is 10.7. The lowest BCUT2D eigenvalue weighted by Gasteiger charge is -1.93. The van der Waals surface area contributed by atoms with Crippen molar-refractivity contribution in [3.8, 4) is 0 Å². The molecular weight excluding hydrogens is 266 g/mol. The molecule has 0 saturated heterocycles. The molecule has 15 heavy (non-hydrogen) atoms. The third kappa shape index (κ3) is 1.50. The lowest BCUT2D eigenvalue weighted by atomic mass is 10.4. The Balaban J connectivity index is 2.87. The van der Waals surface area contributed by atoms with Crippen molar-refractivity contribution >= 4 is 33.6 Å². The van der Waals surface area contributed by atoms with E-state index in [0.717, 1.165) is 0 Å². The number of fused-ring (bicyclic) bond motifs is 1. The van der Waals surface area contributed by atoms with Gasteiger partial charge < -0.3 is 10.1 Å². The van der Waals surface area contributed by atoms with Crippen molar-refractivity contribution in [1.29, 1.82) is 0 Å². The third-order valence-electron chi connectivity index (χ3n) is 1.89. The standard InChI is InChI=1S/C8H4BrN3O3/c9-5-1-2-11-6(3-5)8(12(14)15)10-7(11)4-13/h1-4H. The number of aromatic nitrogens is 2. The number of hydrogen-bond donors (Lipinski definition) is 0. The molecule has 0 N–H and O–H groups in total. The first kappa shape index (κ1) is 9.78. The van der Waals surface area contributed by atoms with E-state index in [0.29, 0.717) is 10.8 Å². The van der Waals surface area contributed by atoms with Gasteiger partial charge in [-0.05, 0) is 22.0 Å². The molecule has 0 aromatic carbocycles. The predicted octanol–water partition coefficient (Wildman–Crippen LogP) is 1.82. The summed E-state index contributed by atoms with van der Waals surface area (Å²) in [5.41, 5.74) is 0.288. The number of nitrogens with zero attached hydrogens (tertiary/aromatic N) is 3. The van der Waals surface area contributed by atoms with Gasteiger partial charge in [0.25, 0.3) is 5.82 Å². The number of pyridine rings is 1. The number of carbonyl (C=O) groups is 1. The fourth-order valence-electron chi connectivity index (χ4n) is 1.28. The first-order chi connectivity index (χ1) is 7.13. The van der Waals surface area contributed by atoms with Gasteiger partial charge in [-0.2, -0.15) is 0 Å². The lowest BCUT2D eigenvalue weighted by molar-refractivity contribution is -0.387. The minimum atomic E-state index is -0.616. The molecular formula is C8H4BrN3O3. The zero-order chi connectivity index (χ0) is 11.0. The van der Waals surface area contributed by atoms with Crippen molar-refractivity contribution in [2.45, 2.75) is 0 Å². The lowest BCUT2D eigenvalue weighted by Crippen LogP contribution is -1.90. The van der Waals surface area contributed by atoms with Crippen LogP contribution >= 0.6 is 15.9 Å². The fourth-order valence-corrected chi connectivity index (χ4v) is 1.62. The van der Waals surface area contributed by atoms with Crippen LogP contribution in [0.2, 0.25) is 0 Å². The largest absolute Gasteiger partial charge is 0.390 e. The average Bonchev–Trinajstić information content (AvgIpc) is 2.55. The SMILES string of the molecule is O=Cc1nc([N+](=O)[O-])c2cc(Br)ccn12. The van der Waals surface area contributed by atoms with Crippen LogP contribution in [-0.2, 0) is 0 Å². The summed E-state index contributed by atoms with van der Waals surface area (Å²) in [5.74, 6) is -0.303. The second-order valence-electron chi connectivity index (χ2n) is 2.77. The minimum absolute atomic E-state index is 0.0178. The molecule has 0 spiro atoms. The zero-order valence-corrected chi connectivity index (χ0v) is 8.84. The van der Waals surface area contributed by atoms with Gasteiger partial charge in [-0.3, -0.25) is 9.20 Å². The molecule has 2 aromatic rings. The monoisotopic (exact) mass is 269 g/mol. The first-order valence-corrected chi connectivity index (χ1v) is 4.70. The van der Waals surface area contributed by atoms with Crippen LogP contribution in [0.3, 0.4) is 0 Å². The molecule has 0 unspecified atom stereocenters. The molecule has 0 amide bonds. The summed E-state index contributed by atoms with van der Waals surface area (Å²) in [6.07, 6.45) is 2.02. The van der Waals surface area contributed by atoms with Gasteiger partial charge in [-0.15, -0.1) is 0 Å². The normalized spacial score (nSPS) is 10.5. The van der Waals surface area contributed by atoms with Gasteiger partial charge in [0.05, 0.1) is 0 Å². The van der Waals surface area contributed by atoms with Gasteiger partial charge in [0.15, 0.2) is 0 Å². The average molecular weight is 270 g/mol. The fraction of sp³-hybridized carbons (Fsp3) is 0. The van der Waals surface area contributed by atoms with Crippen LogP contribution in [0.15, 0.2) is 22.8 Å². The summed E-state index contributed by atoms with van der Waals surface area (Å²) in [6.45, 7) is 0. The number of carbonyl (C=O) groups excluding carboxylic acids is 1. The number of halogens is 1. The number of aldehydes is 1. The van der Waals surface area contributed by atoms with E-state index in [9.17, 15) is 14.9 Å². The Morgan fingerprint density at radius 2 is 2.33 bits per heavy atom. The molecule has 0 fully saturated rings. The molecule has 2 aromatic heterocycles. The summed E-state index contributed by atoms with van der Waals surface area (Å²) in [4.78, 5) is 24.3. The van der Waals surface area contributed by atoms with Crippen molar-refractivity contribution in [3.63, 3.8) is 0 Å². The van der Waals surface area contributed by atoms with E-state index in [2.05, 4.69) is 20.9 Å². The maximum Gasteiger partial charge on any atom is 0.390 e. The quantitative estimate of drug-likeness (QED) is 0.473. The second kappa shape index (κ2) is 3.43. The Kier molecular flexibility index (Phi) is 2.24. The van der Waals surface area contributed by atoms with Crippen LogP contribution in [0.1, 0.15) is 10.6 Å². The number of hydrogen-bond acceptors (Lipinski definition) is 4. The van der Waals surface area contributed by atoms with E-state index in [-0.39, 0.29) is 17.2 Å². The summed E-state index contributed by atoms with van der Waals surface area (Å²) < 4.78 is 2.06. The van der Waals surface area contributed by atoms with Crippen LogP contribution in [-0.4, -0.2) is 20.6 Å². The number of imidazole rings is 1.